The molecule has 4 nitrogen and oxygen atoms in total. The number of carbonyl (C=O) groups is 1. The number of rotatable bonds is 2. The molecule has 0 radical (unpaired) electrons. The molecule has 0 fully saturated rings. The Morgan fingerprint density at radius 2 is 2.64 bits per heavy atom. The summed E-state index contributed by atoms with van der Waals surface area (Å²) < 4.78 is 6.83. The molecule has 14 heavy (non-hydrogen) atoms. The van der Waals surface area contributed by atoms with Crippen molar-refractivity contribution in [3.05, 3.63) is 24.0 Å². The van der Waals surface area contributed by atoms with Crippen molar-refractivity contribution in [2.24, 2.45) is 0 Å². The van der Waals surface area contributed by atoms with E-state index >= 15 is 0 Å². The first-order valence-corrected chi connectivity index (χ1v) is 4.76. The smallest absolute Gasteiger partial charge is 0.307 e. The number of esters is 1. The Bertz CT molecular complexity index is 333. The molecule has 0 aliphatic carbocycles. The second-order valence-electron chi connectivity index (χ2n) is 3.41. The lowest BCUT2D eigenvalue weighted by molar-refractivity contribution is -0.141. The van der Waals surface area contributed by atoms with Gasteiger partial charge in [-0.3, -0.25) is 4.79 Å². The molecule has 2 rings (SSSR count). The van der Waals surface area contributed by atoms with E-state index in [1.165, 1.54) is 12.8 Å². The van der Waals surface area contributed by atoms with Crippen LogP contribution in [0.1, 0.15) is 18.2 Å². The molecule has 76 valence electrons. The third kappa shape index (κ3) is 1.65. The molecule has 1 aromatic rings. The summed E-state index contributed by atoms with van der Waals surface area (Å²) in [6.45, 7) is 1.88. The van der Waals surface area contributed by atoms with Gasteiger partial charge in [-0.1, -0.05) is 0 Å². The van der Waals surface area contributed by atoms with Gasteiger partial charge in [-0.25, -0.2) is 0 Å². The number of carbonyl (C=O) groups excluding carboxylic acids is 1. The molecule has 0 saturated carbocycles. The van der Waals surface area contributed by atoms with Crippen LogP contribution in [0.3, 0.4) is 0 Å². The topological polar surface area (TPSA) is 43.3 Å². The second kappa shape index (κ2) is 3.84. The van der Waals surface area contributed by atoms with E-state index in [4.69, 9.17) is 0 Å². The number of ether oxygens (including phenoxy) is 1. The fourth-order valence-corrected chi connectivity index (χ4v) is 1.84. The summed E-state index contributed by atoms with van der Waals surface area (Å²) in [5.41, 5.74) is 1.17. The van der Waals surface area contributed by atoms with Gasteiger partial charge in [0.15, 0.2) is 0 Å². The van der Waals surface area contributed by atoms with E-state index in [0.29, 0.717) is 6.42 Å². The largest absolute Gasteiger partial charge is 0.469 e. The standard InChI is InChI=1S/C10H14N2O2/c1-14-10(13)7-8-9-3-2-5-12(9)6-4-11-8/h2-3,5,8,11H,4,6-7H2,1H3. The summed E-state index contributed by atoms with van der Waals surface area (Å²) in [7, 11) is 1.42. The van der Waals surface area contributed by atoms with Crippen LogP contribution in [0.2, 0.25) is 0 Å². The fraction of sp³-hybridized carbons (Fsp3) is 0.500. The SMILES string of the molecule is COC(=O)CC1NCCn2cccc21. The number of fused-ring (bicyclic) bond motifs is 1. The summed E-state index contributed by atoms with van der Waals surface area (Å²) in [6, 6.07) is 4.15. The molecule has 0 amide bonds. The first-order valence-electron chi connectivity index (χ1n) is 4.76. The lowest BCUT2D eigenvalue weighted by atomic mass is 10.1. The Kier molecular flexibility index (Phi) is 2.54. The van der Waals surface area contributed by atoms with E-state index in [1.807, 2.05) is 18.3 Å². The van der Waals surface area contributed by atoms with E-state index in [1.54, 1.807) is 0 Å². The van der Waals surface area contributed by atoms with Crippen molar-refractivity contribution in [1.29, 1.82) is 0 Å². The molecule has 0 saturated heterocycles. The van der Waals surface area contributed by atoms with Crippen molar-refractivity contribution in [3.63, 3.8) is 0 Å². The highest BCUT2D eigenvalue weighted by Gasteiger charge is 2.21. The molecule has 1 atom stereocenters. The molecule has 0 aromatic carbocycles. The lowest BCUT2D eigenvalue weighted by Gasteiger charge is -2.25. The van der Waals surface area contributed by atoms with Gasteiger partial charge in [0, 0.05) is 25.0 Å². The first kappa shape index (κ1) is 9.27. The Morgan fingerprint density at radius 3 is 3.43 bits per heavy atom. The lowest BCUT2D eigenvalue weighted by Crippen LogP contribution is -2.34. The summed E-state index contributed by atoms with van der Waals surface area (Å²) in [4.78, 5) is 11.1. The minimum absolute atomic E-state index is 0.103. The van der Waals surface area contributed by atoms with Crippen LogP contribution in [0, 0.1) is 0 Å². The van der Waals surface area contributed by atoms with E-state index in [2.05, 4.69) is 14.6 Å². The second-order valence-corrected chi connectivity index (χ2v) is 3.41. The maximum Gasteiger partial charge on any atom is 0.307 e. The van der Waals surface area contributed by atoms with Crippen molar-refractivity contribution in [3.8, 4) is 0 Å². The molecule has 2 heterocycles. The quantitative estimate of drug-likeness (QED) is 0.705. The molecule has 1 aliphatic heterocycles. The fourth-order valence-electron chi connectivity index (χ4n) is 1.84. The Labute approximate surface area is 82.9 Å². The zero-order valence-corrected chi connectivity index (χ0v) is 8.19. The average molecular weight is 194 g/mol. The Morgan fingerprint density at radius 1 is 1.79 bits per heavy atom. The van der Waals surface area contributed by atoms with Gasteiger partial charge in [0.05, 0.1) is 19.6 Å². The van der Waals surface area contributed by atoms with Crippen LogP contribution in [0.4, 0.5) is 0 Å². The van der Waals surface area contributed by atoms with Crippen LogP contribution in [0.15, 0.2) is 18.3 Å². The number of hydrogen-bond donors (Lipinski definition) is 1. The third-order valence-corrected chi connectivity index (χ3v) is 2.56. The van der Waals surface area contributed by atoms with Crippen LogP contribution in [-0.2, 0) is 16.1 Å². The zero-order valence-electron chi connectivity index (χ0n) is 8.19. The molecule has 4 heteroatoms. The number of aromatic nitrogens is 1. The van der Waals surface area contributed by atoms with E-state index in [0.717, 1.165) is 13.1 Å². The molecule has 1 aliphatic rings. The molecule has 0 spiro atoms. The van der Waals surface area contributed by atoms with E-state index < -0.39 is 0 Å². The normalized spacial score (nSPS) is 20.2. The van der Waals surface area contributed by atoms with E-state index in [9.17, 15) is 4.79 Å². The molecule has 0 bridgehead atoms. The molecule has 1 N–H and O–H groups in total. The van der Waals surface area contributed by atoms with Gasteiger partial charge in [0.2, 0.25) is 0 Å². The summed E-state index contributed by atoms with van der Waals surface area (Å²) in [6.07, 6.45) is 2.45. The minimum atomic E-state index is -0.169. The van der Waals surface area contributed by atoms with Gasteiger partial charge >= 0.3 is 5.97 Å². The van der Waals surface area contributed by atoms with Gasteiger partial charge in [-0.05, 0) is 12.1 Å². The van der Waals surface area contributed by atoms with Crippen molar-refractivity contribution >= 4 is 5.97 Å². The summed E-state index contributed by atoms with van der Waals surface area (Å²) >= 11 is 0. The molecular formula is C10H14N2O2. The van der Waals surface area contributed by atoms with Crippen LogP contribution in [0.25, 0.3) is 0 Å². The monoisotopic (exact) mass is 194 g/mol. The third-order valence-electron chi connectivity index (χ3n) is 2.56. The Hall–Kier alpha value is -1.29. The molecular weight excluding hydrogens is 180 g/mol. The van der Waals surface area contributed by atoms with Crippen molar-refractivity contribution in [2.45, 2.75) is 19.0 Å². The van der Waals surface area contributed by atoms with Gasteiger partial charge in [0.25, 0.3) is 0 Å². The van der Waals surface area contributed by atoms with Crippen molar-refractivity contribution in [2.75, 3.05) is 13.7 Å². The number of nitrogens with one attached hydrogen (secondary N) is 1. The maximum atomic E-state index is 11.1. The van der Waals surface area contributed by atoms with Crippen LogP contribution >= 0.6 is 0 Å². The Balaban J connectivity index is 2.12. The number of methoxy groups -OCH3 is 1. The van der Waals surface area contributed by atoms with Gasteiger partial charge in [-0.15, -0.1) is 0 Å². The highest BCUT2D eigenvalue weighted by Crippen LogP contribution is 2.20. The van der Waals surface area contributed by atoms with Crippen LogP contribution < -0.4 is 5.32 Å². The van der Waals surface area contributed by atoms with E-state index in [-0.39, 0.29) is 12.0 Å². The highest BCUT2D eigenvalue weighted by molar-refractivity contribution is 5.70. The van der Waals surface area contributed by atoms with Gasteiger partial charge < -0.3 is 14.6 Å². The number of hydrogen-bond acceptors (Lipinski definition) is 3. The minimum Gasteiger partial charge on any atom is -0.469 e. The predicted molar refractivity (Wildman–Crippen MR) is 51.8 cm³/mol. The maximum absolute atomic E-state index is 11.1. The van der Waals surface area contributed by atoms with Crippen molar-refractivity contribution < 1.29 is 9.53 Å². The van der Waals surface area contributed by atoms with Crippen molar-refractivity contribution in [1.82, 2.24) is 9.88 Å². The van der Waals surface area contributed by atoms with Crippen LogP contribution in [0.5, 0.6) is 0 Å². The molecule has 1 unspecified atom stereocenters. The predicted octanol–water partition coefficient (Wildman–Crippen LogP) is 0.695. The average Bonchev–Trinajstić information content (AvgIpc) is 2.66. The van der Waals surface area contributed by atoms with Gasteiger partial charge in [-0.2, -0.15) is 0 Å². The summed E-state index contributed by atoms with van der Waals surface area (Å²) in [5, 5.41) is 3.30. The summed E-state index contributed by atoms with van der Waals surface area (Å²) in [5.74, 6) is -0.169. The first-order chi connectivity index (χ1) is 6.81. The molecule has 1 aromatic heterocycles. The van der Waals surface area contributed by atoms with Gasteiger partial charge in [0.1, 0.15) is 0 Å². The highest BCUT2D eigenvalue weighted by atomic mass is 16.5. The zero-order chi connectivity index (χ0) is 9.97. The number of nitrogens with zero attached hydrogens (tertiary/aromatic N) is 1. The van der Waals surface area contributed by atoms with Crippen LogP contribution in [-0.4, -0.2) is 24.2 Å².